The third-order valence-electron chi connectivity index (χ3n) is 3.48. The van der Waals surface area contributed by atoms with Gasteiger partial charge in [0, 0.05) is 25.6 Å². The molecule has 0 aliphatic carbocycles. The molecular weight excluding hydrogens is 214 g/mol. The maximum Gasteiger partial charge on any atom is 0.223 e. The topological polar surface area (TPSA) is 58.4 Å². The minimum atomic E-state index is 0.227. The van der Waals surface area contributed by atoms with Gasteiger partial charge >= 0.3 is 0 Å². The van der Waals surface area contributed by atoms with Gasteiger partial charge in [0.25, 0.3) is 0 Å². The van der Waals surface area contributed by atoms with Gasteiger partial charge < -0.3 is 16.0 Å². The Balaban J connectivity index is 2.12. The average Bonchev–Trinajstić information content (AvgIpc) is 2.36. The Labute approximate surface area is 105 Å². The van der Waals surface area contributed by atoms with E-state index in [2.05, 4.69) is 17.1 Å². The Bertz CT molecular complexity index is 213. The number of amides is 1. The fourth-order valence-corrected chi connectivity index (χ4v) is 2.33. The van der Waals surface area contributed by atoms with Crippen LogP contribution in [0.1, 0.15) is 39.0 Å². The minimum absolute atomic E-state index is 0.227. The lowest BCUT2D eigenvalue weighted by molar-refractivity contribution is -0.126. The number of unbranched alkanes of at least 4 members (excludes halogenated alkanes) is 2. The van der Waals surface area contributed by atoms with Crippen LogP contribution in [0.5, 0.6) is 0 Å². The second kappa shape index (κ2) is 8.48. The smallest absolute Gasteiger partial charge is 0.223 e. The van der Waals surface area contributed by atoms with Crippen molar-refractivity contribution in [2.24, 2.45) is 11.7 Å². The Kier molecular flexibility index (Phi) is 7.21. The maximum absolute atomic E-state index is 11.9. The predicted molar refractivity (Wildman–Crippen MR) is 70.8 cm³/mol. The van der Waals surface area contributed by atoms with Crippen LogP contribution in [-0.4, -0.2) is 43.5 Å². The van der Waals surface area contributed by atoms with Gasteiger partial charge in [0.05, 0.1) is 0 Å². The van der Waals surface area contributed by atoms with E-state index in [1.54, 1.807) is 0 Å². The van der Waals surface area contributed by atoms with Crippen molar-refractivity contribution in [3.8, 4) is 0 Å². The van der Waals surface area contributed by atoms with Crippen LogP contribution in [0.25, 0.3) is 0 Å². The summed E-state index contributed by atoms with van der Waals surface area (Å²) < 4.78 is 0. The molecule has 3 N–H and O–H groups in total. The molecule has 1 aliphatic heterocycles. The van der Waals surface area contributed by atoms with Crippen LogP contribution in [-0.2, 0) is 4.79 Å². The number of hydrogen-bond donors (Lipinski definition) is 2. The summed E-state index contributed by atoms with van der Waals surface area (Å²) in [5.74, 6) is 0.485. The fraction of sp³-hybridized carbons (Fsp3) is 0.923. The van der Waals surface area contributed by atoms with E-state index >= 15 is 0 Å². The maximum atomic E-state index is 11.9. The number of nitrogens with one attached hydrogen (secondary N) is 1. The molecule has 0 aromatic rings. The zero-order valence-corrected chi connectivity index (χ0v) is 11.1. The molecule has 1 rings (SSSR count). The van der Waals surface area contributed by atoms with Crippen molar-refractivity contribution >= 4 is 5.91 Å². The van der Waals surface area contributed by atoms with E-state index in [1.807, 2.05) is 0 Å². The third-order valence-corrected chi connectivity index (χ3v) is 3.48. The summed E-state index contributed by atoms with van der Waals surface area (Å²) in [6, 6.07) is 0. The van der Waals surface area contributed by atoms with Crippen LogP contribution in [0.15, 0.2) is 0 Å². The first-order valence-electron chi connectivity index (χ1n) is 6.98. The predicted octanol–water partition coefficient (Wildman–Crippen LogP) is 0.964. The first kappa shape index (κ1) is 14.5. The van der Waals surface area contributed by atoms with Crippen molar-refractivity contribution in [3.63, 3.8) is 0 Å². The molecule has 0 atom stereocenters. The van der Waals surface area contributed by atoms with Crippen molar-refractivity contribution < 1.29 is 4.79 Å². The van der Waals surface area contributed by atoms with Crippen molar-refractivity contribution in [1.29, 1.82) is 0 Å². The van der Waals surface area contributed by atoms with Gasteiger partial charge in [-0.05, 0) is 32.4 Å². The van der Waals surface area contributed by atoms with E-state index in [4.69, 9.17) is 5.73 Å². The highest BCUT2D eigenvalue weighted by molar-refractivity contribution is 5.78. The number of piperidine rings is 1. The molecule has 0 aromatic heterocycles. The average molecular weight is 241 g/mol. The number of rotatable bonds is 7. The second-order valence-electron chi connectivity index (χ2n) is 4.90. The van der Waals surface area contributed by atoms with Crippen LogP contribution >= 0.6 is 0 Å². The van der Waals surface area contributed by atoms with Crippen LogP contribution < -0.4 is 11.1 Å². The fourth-order valence-electron chi connectivity index (χ4n) is 2.33. The lowest BCUT2D eigenvalue weighted by atomic mass is 9.96. The molecule has 0 unspecified atom stereocenters. The van der Waals surface area contributed by atoms with E-state index < -0.39 is 0 Å². The van der Waals surface area contributed by atoms with Gasteiger partial charge in [-0.25, -0.2) is 0 Å². The van der Waals surface area contributed by atoms with Crippen molar-refractivity contribution in [1.82, 2.24) is 10.2 Å². The van der Waals surface area contributed by atoms with Gasteiger partial charge in [-0.15, -0.1) is 0 Å². The van der Waals surface area contributed by atoms with E-state index in [1.165, 1.54) is 12.8 Å². The number of nitrogens with two attached hydrogens (primary N) is 1. The molecule has 1 heterocycles. The second-order valence-corrected chi connectivity index (χ2v) is 4.90. The summed E-state index contributed by atoms with van der Waals surface area (Å²) in [5, 5.41) is 3.05. The standard InChI is InChI=1S/C13H27N3O/c1-2-3-4-8-15-13(17)12-5-9-16(10-6-12)11-7-14/h12H,2-11,14H2,1H3,(H,15,17). The van der Waals surface area contributed by atoms with Crippen LogP contribution in [0, 0.1) is 5.92 Å². The van der Waals surface area contributed by atoms with Crippen molar-refractivity contribution in [2.45, 2.75) is 39.0 Å². The minimum Gasteiger partial charge on any atom is -0.356 e. The third kappa shape index (κ3) is 5.50. The SMILES string of the molecule is CCCCCNC(=O)C1CCN(CCN)CC1. The van der Waals surface area contributed by atoms with E-state index in [-0.39, 0.29) is 11.8 Å². The van der Waals surface area contributed by atoms with E-state index in [9.17, 15) is 4.79 Å². The number of carbonyl (C=O) groups excluding carboxylic acids is 1. The molecule has 100 valence electrons. The van der Waals surface area contributed by atoms with Gasteiger partial charge in [0.15, 0.2) is 0 Å². The lowest BCUT2D eigenvalue weighted by Crippen LogP contribution is -2.42. The summed E-state index contributed by atoms with van der Waals surface area (Å²) in [6.45, 7) is 6.73. The molecule has 17 heavy (non-hydrogen) atoms. The van der Waals surface area contributed by atoms with E-state index in [0.717, 1.165) is 45.4 Å². The molecule has 1 saturated heterocycles. The molecule has 4 heteroatoms. The largest absolute Gasteiger partial charge is 0.356 e. The van der Waals surface area contributed by atoms with Crippen molar-refractivity contribution in [2.75, 3.05) is 32.7 Å². The Morgan fingerprint density at radius 1 is 1.35 bits per heavy atom. The Morgan fingerprint density at radius 3 is 2.65 bits per heavy atom. The molecular formula is C13H27N3O. The summed E-state index contributed by atoms with van der Waals surface area (Å²) in [7, 11) is 0. The van der Waals surface area contributed by atoms with Gasteiger partial charge in [-0.2, -0.15) is 0 Å². The number of hydrogen-bond acceptors (Lipinski definition) is 3. The first-order valence-corrected chi connectivity index (χ1v) is 6.98. The molecule has 0 saturated carbocycles. The summed E-state index contributed by atoms with van der Waals surface area (Å²) >= 11 is 0. The van der Waals surface area contributed by atoms with E-state index in [0.29, 0.717) is 6.54 Å². The summed E-state index contributed by atoms with van der Waals surface area (Å²) in [4.78, 5) is 14.2. The number of nitrogens with zero attached hydrogens (tertiary/aromatic N) is 1. The van der Waals surface area contributed by atoms with Crippen LogP contribution in [0.3, 0.4) is 0 Å². The number of carbonyl (C=O) groups is 1. The Morgan fingerprint density at radius 2 is 2.06 bits per heavy atom. The molecule has 0 aromatic carbocycles. The van der Waals surface area contributed by atoms with Crippen LogP contribution in [0.4, 0.5) is 0 Å². The molecule has 1 amide bonds. The number of likely N-dealkylation sites (tertiary alicyclic amines) is 1. The van der Waals surface area contributed by atoms with Gasteiger partial charge in [0.2, 0.25) is 5.91 Å². The van der Waals surface area contributed by atoms with Crippen LogP contribution in [0.2, 0.25) is 0 Å². The highest BCUT2D eigenvalue weighted by atomic mass is 16.1. The Hall–Kier alpha value is -0.610. The summed E-state index contributed by atoms with van der Waals surface area (Å²) in [5.41, 5.74) is 5.53. The lowest BCUT2D eigenvalue weighted by Gasteiger charge is -2.30. The van der Waals surface area contributed by atoms with Gasteiger partial charge in [-0.1, -0.05) is 19.8 Å². The summed E-state index contributed by atoms with van der Waals surface area (Å²) in [6.07, 6.45) is 5.48. The van der Waals surface area contributed by atoms with Crippen molar-refractivity contribution in [3.05, 3.63) is 0 Å². The zero-order chi connectivity index (χ0) is 12.5. The monoisotopic (exact) mass is 241 g/mol. The molecule has 0 radical (unpaired) electrons. The molecule has 0 spiro atoms. The normalized spacial score (nSPS) is 18.2. The molecule has 1 fully saturated rings. The quantitative estimate of drug-likeness (QED) is 0.653. The van der Waals surface area contributed by atoms with Gasteiger partial charge in [-0.3, -0.25) is 4.79 Å². The molecule has 1 aliphatic rings. The first-order chi connectivity index (χ1) is 8.27. The van der Waals surface area contributed by atoms with Gasteiger partial charge in [0.1, 0.15) is 0 Å². The highest BCUT2D eigenvalue weighted by Gasteiger charge is 2.23. The zero-order valence-electron chi connectivity index (χ0n) is 11.1. The highest BCUT2D eigenvalue weighted by Crippen LogP contribution is 2.16. The molecule has 0 bridgehead atoms. The molecule has 4 nitrogen and oxygen atoms in total.